The van der Waals surface area contributed by atoms with E-state index >= 15 is 0 Å². The van der Waals surface area contributed by atoms with E-state index in [0.717, 1.165) is 47.7 Å². The molecule has 0 unspecified atom stereocenters. The number of sulfonamides is 1. The highest BCUT2D eigenvalue weighted by atomic mass is 32.2. The number of fused-ring (bicyclic) bond motifs is 1. The summed E-state index contributed by atoms with van der Waals surface area (Å²) in [5.41, 5.74) is 0.826. The van der Waals surface area contributed by atoms with E-state index in [2.05, 4.69) is 14.6 Å². The molecule has 0 saturated heterocycles. The monoisotopic (exact) mass is 425 g/mol. The zero-order chi connectivity index (χ0) is 19.9. The largest absolute Gasteiger partial charge is 0.417 e. The lowest BCUT2D eigenvalue weighted by molar-refractivity contribution is -0.139. The fourth-order valence-corrected chi connectivity index (χ4v) is 5.25. The van der Waals surface area contributed by atoms with Crippen molar-refractivity contribution >= 4 is 38.3 Å². The molecule has 1 N–H and O–H groups in total. The zero-order valence-corrected chi connectivity index (χ0v) is 15.9. The maximum absolute atomic E-state index is 13.1. The summed E-state index contributed by atoms with van der Waals surface area (Å²) in [6, 6.07) is 10.6. The highest BCUT2D eigenvalue weighted by Gasteiger charge is 2.37. The minimum absolute atomic E-state index is 0.183. The SMILES string of the molecule is O=S(=O)(Nc1ccc(C2=CSC3=NCCN23)cc1)c1ccccc1C(F)(F)F. The molecule has 2 heterocycles. The van der Waals surface area contributed by atoms with Crippen molar-refractivity contribution in [3.8, 4) is 0 Å². The van der Waals surface area contributed by atoms with Crippen LogP contribution in [0.15, 0.2) is 63.8 Å². The second-order valence-corrected chi connectivity index (χ2v) is 8.60. The van der Waals surface area contributed by atoms with Crippen molar-refractivity contribution in [2.24, 2.45) is 4.99 Å². The van der Waals surface area contributed by atoms with Gasteiger partial charge in [-0.15, -0.1) is 0 Å². The zero-order valence-electron chi connectivity index (χ0n) is 14.3. The van der Waals surface area contributed by atoms with Crippen molar-refractivity contribution in [1.82, 2.24) is 4.90 Å². The Hall–Kier alpha value is -2.46. The van der Waals surface area contributed by atoms with Crippen LogP contribution in [-0.4, -0.2) is 31.6 Å². The van der Waals surface area contributed by atoms with Gasteiger partial charge in [0.15, 0.2) is 5.17 Å². The number of amidine groups is 1. The number of hydrogen-bond acceptors (Lipinski definition) is 5. The third-order valence-electron chi connectivity index (χ3n) is 4.28. The summed E-state index contributed by atoms with van der Waals surface area (Å²) in [4.78, 5) is 5.64. The van der Waals surface area contributed by atoms with Gasteiger partial charge in [0.2, 0.25) is 0 Å². The van der Waals surface area contributed by atoms with E-state index in [9.17, 15) is 21.6 Å². The lowest BCUT2D eigenvalue weighted by Crippen LogP contribution is -2.20. The number of alkyl halides is 3. The van der Waals surface area contributed by atoms with Crippen LogP contribution in [0.4, 0.5) is 18.9 Å². The van der Waals surface area contributed by atoms with Crippen LogP contribution in [0.25, 0.3) is 5.70 Å². The van der Waals surface area contributed by atoms with E-state index in [1.165, 1.54) is 30.0 Å². The number of thioether (sulfide) groups is 1. The first-order valence-electron chi connectivity index (χ1n) is 8.24. The molecule has 2 aromatic rings. The molecule has 28 heavy (non-hydrogen) atoms. The van der Waals surface area contributed by atoms with Crippen LogP contribution < -0.4 is 4.72 Å². The van der Waals surface area contributed by atoms with Gasteiger partial charge in [-0.1, -0.05) is 36.0 Å². The molecule has 5 nitrogen and oxygen atoms in total. The molecule has 2 aliphatic heterocycles. The Labute approximate surface area is 164 Å². The van der Waals surface area contributed by atoms with Crippen LogP contribution in [0.3, 0.4) is 0 Å². The van der Waals surface area contributed by atoms with Gasteiger partial charge in [0, 0.05) is 17.6 Å². The molecule has 0 spiro atoms. The average molecular weight is 425 g/mol. The van der Waals surface area contributed by atoms with Crippen molar-refractivity contribution in [2.45, 2.75) is 11.1 Å². The maximum atomic E-state index is 13.1. The summed E-state index contributed by atoms with van der Waals surface area (Å²) in [5, 5.41) is 2.90. The number of rotatable bonds is 4. The quantitative estimate of drug-likeness (QED) is 0.797. The van der Waals surface area contributed by atoms with E-state index in [4.69, 9.17) is 0 Å². The van der Waals surface area contributed by atoms with Gasteiger partial charge in [-0.3, -0.25) is 9.71 Å². The molecule has 0 fully saturated rings. The Morgan fingerprint density at radius 2 is 1.79 bits per heavy atom. The predicted octanol–water partition coefficient (Wildman–Crippen LogP) is 4.22. The summed E-state index contributed by atoms with van der Waals surface area (Å²) in [6.45, 7) is 1.52. The van der Waals surface area contributed by atoms with Crippen molar-refractivity contribution < 1.29 is 21.6 Å². The lowest BCUT2D eigenvalue weighted by atomic mass is 10.1. The summed E-state index contributed by atoms with van der Waals surface area (Å²) in [6.07, 6.45) is -4.77. The molecule has 0 aliphatic carbocycles. The topological polar surface area (TPSA) is 61.8 Å². The highest BCUT2D eigenvalue weighted by molar-refractivity contribution is 8.16. The van der Waals surface area contributed by atoms with Gasteiger partial charge in [0.25, 0.3) is 10.0 Å². The first kappa shape index (κ1) is 18.9. The maximum Gasteiger partial charge on any atom is 0.417 e. The molecule has 4 rings (SSSR count). The summed E-state index contributed by atoms with van der Waals surface area (Å²) >= 11 is 1.53. The molecule has 146 valence electrons. The molecule has 0 saturated carbocycles. The van der Waals surface area contributed by atoms with Crippen LogP contribution in [0.5, 0.6) is 0 Å². The van der Waals surface area contributed by atoms with E-state index in [1.54, 1.807) is 12.1 Å². The Bertz CT molecular complexity index is 1080. The Morgan fingerprint density at radius 3 is 2.50 bits per heavy atom. The highest BCUT2D eigenvalue weighted by Crippen LogP contribution is 2.36. The summed E-state index contributed by atoms with van der Waals surface area (Å²) in [5.74, 6) is 0. The third-order valence-corrected chi connectivity index (χ3v) is 6.62. The Morgan fingerprint density at radius 1 is 1.07 bits per heavy atom. The average Bonchev–Trinajstić information content (AvgIpc) is 3.25. The van der Waals surface area contributed by atoms with E-state index < -0.39 is 26.7 Å². The van der Waals surface area contributed by atoms with Crippen LogP contribution in [-0.2, 0) is 16.2 Å². The first-order valence-corrected chi connectivity index (χ1v) is 10.6. The molecule has 10 heteroatoms. The smallest absolute Gasteiger partial charge is 0.318 e. The second kappa shape index (κ2) is 6.85. The van der Waals surface area contributed by atoms with E-state index in [-0.39, 0.29) is 5.69 Å². The van der Waals surface area contributed by atoms with Gasteiger partial charge in [-0.05, 0) is 29.8 Å². The van der Waals surface area contributed by atoms with Crippen LogP contribution in [0.2, 0.25) is 0 Å². The van der Waals surface area contributed by atoms with Gasteiger partial charge in [0.1, 0.15) is 0 Å². The summed E-state index contributed by atoms with van der Waals surface area (Å²) < 4.78 is 66.6. The molecule has 0 amide bonds. The molecule has 0 atom stereocenters. The van der Waals surface area contributed by atoms with Crippen LogP contribution in [0.1, 0.15) is 11.1 Å². The predicted molar refractivity (Wildman–Crippen MR) is 103 cm³/mol. The number of halogens is 3. The fourth-order valence-electron chi connectivity index (χ4n) is 3.00. The molecule has 0 bridgehead atoms. The molecular weight excluding hydrogens is 411 g/mol. The minimum atomic E-state index is -4.77. The molecule has 2 aromatic carbocycles. The Balaban J connectivity index is 1.58. The van der Waals surface area contributed by atoms with Crippen molar-refractivity contribution in [2.75, 3.05) is 17.8 Å². The number of anilines is 1. The van der Waals surface area contributed by atoms with Gasteiger partial charge < -0.3 is 4.90 Å². The van der Waals surface area contributed by atoms with Crippen molar-refractivity contribution in [3.63, 3.8) is 0 Å². The minimum Gasteiger partial charge on any atom is -0.318 e. The lowest BCUT2D eigenvalue weighted by Gasteiger charge is -2.17. The summed E-state index contributed by atoms with van der Waals surface area (Å²) in [7, 11) is -4.39. The van der Waals surface area contributed by atoms with Crippen LogP contribution >= 0.6 is 11.8 Å². The number of hydrogen-bond donors (Lipinski definition) is 1. The molecule has 0 radical (unpaired) electrons. The number of nitrogens with zero attached hydrogens (tertiary/aromatic N) is 2. The molecule has 0 aromatic heterocycles. The van der Waals surface area contributed by atoms with Crippen molar-refractivity contribution in [3.05, 3.63) is 65.1 Å². The van der Waals surface area contributed by atoms with Gasteiger partial charge >= 0.3 is 6.18 Å². The third kappa shape index (κ3) is 3.49. The number of nitrogens with one attached hydrogen (secondary N) is 1. The van der Waals surface area contributed by atoms with Crippen LogP contribution in [0, 0.1) is 0 Å². The normalized spacial score (nSPS) is 16.6. The fraction of sp³-hybridized carbons (Fsp3) is 0.167. The number of benzene rings is 2. The standard InChI is InChI=1S/C18H14F3N3O2S2/c19-18(20,21)14-3-1-2-4-16(14)28(25,26)23-13-7-5-12(6-8-13)15-11-27-17-22-9-10-24(15)17/h1-8,11,23H,9-10H2. The van der Waals surface area contributed by atoms with E-state index in [0.29, 0.717) is 0 Å². The second-order valence-electron chi connectivity index (χ2n) is 6.11. The first-order chi connectivity index (χ1) is 13.3. The van der Waals surface area contributed by atoms with Gasteiger partial charge in [-0.2, -0.15) is 13.2 Å². The van der Waals surface area contributed by atoms with Gasteiger partial charge in [-0.25, -0.2) is 8.42 Å². The van der Waals surface area contributed by atoms with Crippen molar-refractivity contribution in [1.29, 1.82) is 0 Å². The Kier molecular flexibility index (Phi) is 4.62. The molecule has 2 aliphatic rings. The van der Waals surface area contributed by atoms with E-state index in [1.807, 2.05) is 5.41 Å². The molecular formula is C18H14F3N3O2S2. The van der Waals surface area contributed by atoms with Gasteiger partial charge in [0.05, 0.1) is 22.7 Å². The number of aliphatic imine (C=N–C) groups is 1.